The first-order valence-electron chi connectivity index (χ1n) is 7.08. The number of sulfonamides is 1. The minimum Gasteiger partial charge on any atom is -0.329 e. The van der Waals surface area contributed by atoms with E-state index >= 15 is 0 Å². The molecule has 1 rings (SSSR count). The van der Waals surface area contributed by atoms with Crippen LogP contribution in [-0.2, 0) is 19.9 Å². The number of rotatable bonds is 6. The largest absolute Gasteiger partial charge is 0.329 e. The highest BCUT2D eigenvalue weighted by Crippen LogP contribution is 2.26. The Morgan fingerprint density at radius 1 is 0.950 bits per heavy atom. The van der Waals surface area contributed by atoms with Crippen LogP contribution < -0.4 is 10.5 Å². The van der Waals surface area contributed by atoms with E-state index in [4.69, 9.17) is 5.73 Å². The molecule has 20 heavy (non-hydrogen) atoms. The highest BCUT2D eigenvalue weighted by molar-refractivity contribution is 7.93. The van der Waals surface area contributed by atoms with Crippen molar-refractivity contribution in [3.05, 3.63) is 0 Å². The van der Waals surface area contributed by atoms with Gasteiger partial charge in [0.1, 0.15) is 9.84 Å². The fourth-order valence-electron chi connectivity index (χ4n) is 2.57. The van der Waals surface area contributed by atoms with Crippen molar-refractivity contribution in [3.8, 4) is 0 Å². The molecule has 0 bridgehead atoms. The van der Waals surface area contributed by atoms with Crippen LogP contribution in [-0.4, -0.2) is 46.7 Å². The highest BCUT2D eigenvalue weighted by atomic mass is 32.2. The van der Waals surface area contributed by atoms with Gasteiger partial charge in [0, 0.05) is 18.3 Å². The fraction of sp³-hybridized carbons (Fsp3) is 1.00. The summed E-state index contributed by atoms with van der Waals surface area (Å²) >= 11 is 0. The van der Waals surface area contributed by atoms with E-state index in [1.54, 1.807) is 0 Å². The molecule has 1 saturated carbocycles. The van der Waals surface area contributed by atoms with Crippen molar-refractivity contribution >= 4 is 19.9 Å². The van der Waals surface area contributed by atoms with Crippen LogP contribution >= 0.6 is 0 Å². The number of nitrogens with two attached hydrogens (primary N) is 1. The Hall–Kier alpha value is -0.180. The monoisotopic (exact) mass is 326 g/mol. The molecule has 0 spiro atoms. The highest BCUT2D eigenvalue weighted by Gasteiger charge is 2.33. The SMILES string of the molecule is CS(=O)(=O)CCS(=O)(=O)NC1(CN)CCCCCCC1. The first-order valence-corrected chi connectivity index (χ1v) is 10.8. The minimum absolute atomic E-state index is 0.255. The summed E-state index contributed by atoms with van der Waals surface area (Å²) in [5.41, 5.74) is 5.20. The Bertz CT molecular complexity index is 492. The molecule has 0 aromatic heterocycles. The van der Waals surface area contributed by atoms with Crippen LogP contribution in [0.2, 0.25) is 0 Å². The predicted molar refractivity (Wildman–Crippen MR) is 80.7 cm³/mol. The quantitative estimate of drug-likeness (QED) is 0.734. The molecule has 0 heterocycles. The maximum atomic E-state index is 12.1. The molecule has 1 fully saturated rings. The van der Waals surface area contributed by atoms with Gasteiger partial charge in [0.2, 0.25) is 10.0 Å². The summed E-state index contributed by atoms with van der Waals surface area (Å²) in [6, 6.07) is 0. The van der Waals surface area contributed by atoms with Gasteiger partial charge >= 0.3 is 0 Å². The van der Waals surface area contributed by atoms with Gasteiger partial charge in [-0.15, -0.1) is 0 Å². The predicted octanol–water partition coefficient (Wildman–Crippen LogP) is 0.392. The smallest absolute Gasteiger partial charge is 0.213 e. The Kier molecular flexibility index (Phi) is 6.43. The summed E-state index contributed by atoms with van der Waals surface area (Å²) in [6.07, 6.45) is 7.75. The second-order valence-corrected chi connectivity index (χ2v) is 9.90. The summed E-state index contributed by atoms with van der Waals surface area (Å²) in [5.74, 6) is -0.753. The molecule has 0 radical (unpaired) electrons. The minimum atomic E-state index is -3.62. The van der Waals surface area contributed by atoms with Crippen LogP contribution in [0, 0.1) is 0 Å². The fourth-order valence-corrected chi connectivity index (χ4v) is 5.71. The standard InChI is InChI=1S/C12H26N2O4S2/c1-19(15,16)9-10-20(17,18)14-12(11-13)7-5-3-2-4-6-8-12/h14H,2-11,13H2,1H3. The van der Waals surface area contributed by atoms with E-state index in [1.807, 2.05) is 0 Å². The molecule has 1 aliphatic carbocycles. The van der Waals surface area contributed by atoms with Crippen LogP contribution in [0.5, 0.6) is 0 Å². The summed E-state index contributed by atoms with van der Waals surface area (Å²) in [6.45, 7) is 0.255. The van der Waals surface area contributed by atoms with Gasteiger partial charge in [-0.1, -0.05) is 32.1 Å². The third-order valence-corrected chi connectivity index (χ3v) is 6.49. The summed E-state index contributed by atoms with van der Waals surface area (Å²) in [5, 5.41) is 0. The third-order valence-electron chi connectivity index (χ3n) is 3.80. The lowest BCUT2D eigenvalue weighted by Gasteiger charge is -2.35. The summed E-state index contributed by atoms with van der Waals surface area (Å²) < 4.78 is 49.0. The van der Waals surface area contributed by atoms with Crippen molar-refractivity contribution in [2.75, 3.05) is 24.3 Å². The number of sulfone groups is 1. The molecule has 8 heteroatoms. The number of hydrogen-bond acceptors (Lipinski definition) is 5. The van der Waals surface area contributed by atoms with E-state index < -0.39 is 31.2 Å². The van der Waals surface area contributed by atoms with Crippen molar-refractivity contribution in [3.63, 3.8) is 0 Å². The van der Waals surface area contributed by atoms with Crippen molar-refractivity contribution in [1.29, 1.82) is 0 Å². The zero-order valence-electron chi connectivity index (χ0n) is 12.1. The first kappa shape index (κ1) is 17.9. The Labute approximate surface area is 122 Å². The summed E-state index contributed by atoms with van der Waals surface area (Å²) in [7, 11) is -6.91. The van der Waals surface area contributed by atoms with Gasteiger partial charge in [0.25, 0.3) is 0 Å². The zero-order valence-corrected chi connectivity index (χ0v) is 13.7. The van der Waals surface area contributed by atoms with Crippen molar-refractivity contribution in [1.82, 2.24) is 4.72 Å². The Balaban J connectivity index is 2.73. The molecule has 3 N–H and O–H groups in total. The number of nitrogens with one attached hydrogen (secondary N) is 1. The molecule has 6 nitrogen and oxygen atoms in total. The van der Waals surface area contributed by atoms with E-state index in [-0.39, 0.29) is 12.3 Å². The van der Waals surface area contributed by atoms with Crippen LogP contribution in [0.3, 0.4) is 0 Å². The van der Waals surface area contributed by atoms with E-state index in [1.165, 1.54) is 6.42 Å². The van der Waals surface area contributed by atoms with Crippen molar-refractivity contribution in [2.45, 2.75) is 50.5 Å². The molecule has 0 aliphatic heterocycles. The van der Waals surface area contributed by atoms with Gasteiger partial charge < -0.3 is 5.73 Å². The second kappa shape index (κ2) is 7.20. The van der Waals surface area contributed by atoms with Crippen molar-refractivity contribution < 1.29 is 16.8 Å². The van der Waals surface area contributed by atoms with Gasteiger partial charge in [0.15, 0.2) is 0 Å². The first-order chi connectivity index (χ1) is 9.18. The molecule has 120 valence electrons. The van der Waals surface area contributed by atoms with Crippen LogP contribution in [0.25, 0.3) is 0 Å². The lowest BCUT2D eigenvalue weighted by molar-refractivity contribution is 0.296. The number of hydrogen-bond donors (Lipinski definition) is 2. The zero-order chi connectivity index (χ0) is 15.3. The van der Waals surface area contributed by atoms with E-state index in [2.05, 4.69) is 4.72 Å². The molecule has 0 atom stereocenters. The average Bonchev–Trinajstić information content (AvgIpc) is 2.30. The molecule has 0 aromatic rings. The summed E-state index contributed by atoms with van der Waals surface area (Å²) in [4.78, 5) is 0. The topological polar surface area (TPSA) is 106 Å². The maximum Gasteiger partial charge on any atom is 0.213 e. The lowest BCUT2D eigenvalue weighted by atomic mass is 9.85. The molecule has 0 saturated heterocycles. The molecular weight excluding hydrogens is 300 g/mol. The van der Waals surface area contributed by atoms with Gasteiger partial charge in [-0.2, -0.15) is 0 Å². The molecular formula is C12H26N2O4S2. The van der Waals surface area contributed by atoms with E-state index in [0.29, 0.717) is 0 Å². The van der Waals surface area contributed by atoms with Crippen LogP contribution in [0.15, 0.2) is 0 Å². The Morgan fingerprint density at radius 3 is 1.90 bits per heavy atom. The molecule has 1 aliphatic rings. The van der Waals surface area contributed by atoms with Crippen molar-refractivity contribution in [2.24, 2.45) is 5.73 Å². The maximum absolute atomic E-state index is 12.1. The molecule has 0 aromatic carbocycles. The van der Waals surface area contributed by atoms with Gasteiger partial charge in [0.05, 0.1) is 11.5 Å². The van der Waals surface area contributed by atoms with Gasteiger partial charge in [-0.3, -0.25) is 0 Å². The van der Waals surface area contributed by atoms with E-state index in [9.17, 15) is 16.8 Å². The Morgan fingerprint density at radius 2 is 1.45 bits per heavy atom. The third kappa shape index (κ3) is 6.51. The van der Waals surface area contributed by atoms with E-state index in [0.717, 1.165) is 44.8 Å². The second-order valence-electron chi connectivity index (χ2n) is 5.80. The van der Waals surface area contributed by atoms with Gasteiger partial charge in [-0.25, -0.2) is 21.6 Å². The molecule has 0 unspecified atom stereocenters. The normalized spacial score (nSPS) is 21.1. The average molecular weight is 326 g/mol. The van der Waals surface area contributed by atoms with Crippen LogP contribution in [0.1, 0.15) is 44.9 Å². The van der Waals surface area contributed by atoms with Crippen LogP contribution in [0.4, 0.5) is 0 Å². The lowest BCUT2D eigenvalue weighted by Crippen LogP contribution is -2.54. The molecule has 0 amide bonds. The van der Waals surface area contributed by atoms with Gasteiger partial charge in [-0.05, 0) is 12.8 Å².